The number of rotatable bonds is 5. The van der Waals surface area contributed by atoms with Crippen molar-refractivity contribution in [1.29, 1.82) is 0 Å². The van der Waals surface area contributed by atoms with Gasteiger partial charge in [0.2, 0.25) is 5.88 Å². The van der Waals surface area contributed by atoms with Gasteiger partial charge in [0.15, 0.2) is 0 Å². The number of hydrogen-bond acceptors (Lipinski definition) is 6. The fourth-order valence-corrected chi connectivity index (χ4v) is 5.80. The van der Waals surface area contributed by atoms with Crippen molar-refractivity contribution >= 4 is 5.91 Å². The van der Waals surface area contributed by atoms with Gasteiger partial charge in [0.1, 0.15) is 11.7 Å². The van der Waals surface area contributed by atoms with Crippen molar-refractivity contribution in [3.8, 4) is 11.9 Å². The Morgan fingerprint density at radius 3 is 2.59 bits per heavy atom. The summed E-state index contributed by atoms with van der Waals surface area (Å²) in [6, 6.07) is 0.384. The molecule has 1 aromatic heterocycles. The minimum Gasteiger partial charge on any atom is -0.480 e. The minimum atomic E-state index is -0.501. The van der Waals surface area contributed by atoms with E-state index >= 15 is 0 Å². The SMILES string of the molecule is COc1nc(OC2CCC2)ncc1C(=O)N[C@H]1C2CC3CC1C[C@@](O)(C3)C2. The second kappa shape index (κ2) is 6.33. The third-order valence-electron chi connectivity index (χ3n) is 7.03. The van der Waals surface area contributed by atoms with Crippen molar-refractivity contribution < 1.29 is 19.4 Å². The highest BCUT2D eigenvalue weighted by atomic mass is 16.5. The topological polar surface area (TPSA) is 93.6 Å². The summed E-state index contributed by atoms with van der Waals surface area (Å²) < 4.78 is 11.0. The summed E-state index contributed by atoms with van der Waals surface area (Å²) in [4.78, 5) is 21.4. The van der Waals surface area contributed by atoms with E-state index in [1.807, 2.05) is 0 Å². The molecule has 7 nitrogen and oxygen atoms in total. The van der Waals surface area contributed by atoms with E-state index in [1.54, 1.807) is 0 Å². The molecule has 2 unspecified atom stereocenters. The van der Waals surface area contributed by atoms with Crippen molar-refractivity contribution in [3.05, 3.63) is 11.8 Å². The summed E-state index contributed by atoms with van der Waals surface area (Å²) in [6.45, 7) is 0. The van der Waals surface area contributed by atoms with Crippen LogP contribution in [0.15, 0.2) is 6.20 Å². The zero-order chi connectivity index (χ0) is 18.6. The fourth-order valence-electron chi connectivity index (χ4n) is 5.80. The number of aliphatic hydroxyl groups is 1. The summed E-state index contributed by atoms with van der Waals surface area (Å²) in [7, 11) is 1.50. The second-order valence-corrected chi connectivity index (χ2v) is 8.94. The summed E-state index contributed by atoms with van der Waals surface area (Å²) >= 11 is 0. The maximum absolute atomic E-state index is 12.9. The van der Waals surface area contributed by atoms with Crippen LogP contribution in [0.5, 0.6) is 11.9 Å². The molecule has 146 valence electrons. The van der Waals surface area contributed by atoms with E-state index in [2.05, 4.69) is 15.3 Å². The Kier molecular flexibility index (Phi) is 4.04. The van der Waals surface area contributed by atoms with Gasteiger partial charge in [-0.3, -0.25) is 4.79 Å². The standard InChI is InChI=1S/C20H27N3O4/c1-26-18-15(10-21-19(23-18)27-14-3-2-4-14)17(24)22-16-12-5-11-6-13(16)9-20(25,7-11)8-12/h10-14,16,25H,2-9H2,1H3,(H,22,24)/t11?,12?,13?,16-,20+. The molecule has 1 heterocycles. The van der Waals surface area contributed by atoms with Gasteiger partial charge in [-0.2, -0.15) is 4.98 Å². The number of amides is 1. The molecule has 6 rings (SSSR count). The quantitative estimate of drug-likeness (QED) is 0.821. The van der Waals surface area contributed by atoms with E-state index in [0.29, 0.717) is 23.3 Å². The van der Waals surface area contributed by atoms with Crippen molar-refractivity contribution in [2.24, 2.45) is 17.8 Å². The summed E-state index contributed by atoms with van der Waals surface area (Å²) in [5.41, 5.74) is -0.162. The average Bonchev–Trinajstić information content (AvgIpc) is 2.59. The number of hydrogen-bond donors (Lipinski definition) is 2. The molecule has 0 aromatic carbocycles. The Balaban J connectivity index is 1.31. The first kappa shape index (κ1) is 17.2. The highest BCUT2D eigenvalue weighted by molar-refractivity contribution is 5.96. The molecule has 7 heteroatoms. The van der Waals surface area contributed by atoms with Crippen LogP contribution >= 0.6 is 0 Å². The highest BCUT2D eigenvalue weighted by Gasteiger charge is 2.55. The number of carbonyl (C=O) groups is 1. The van der Waals surface area contributed by atoms with Gasteiger partial charge in [-0.25, -0.2) is 4.98 Å². The predicted molar refractivity (Wildman–Crippen MR) is 96.6 cm³/mol. The van der Waals surface area contributed by atoms with Gasteiger partial charge in [-0.1, -0.05) is 0 Å². The molecule has 27 heavy (non-hydrogen) atoms. The molecule has 0 radical (unpaired) electrons. The van der Waals surface area contributed by atoms with Gasteiger partial charge in [-0.15, -0.1) is 0 Å². The molecule has 0 spiro atoms. The predicted octanol–water partition coefficient (Wildman–Crippen LogP) is 2.09. The number of carbonyl (C=O) groups excluding carboxylic acids is 1. The van der Waals surface area contributed by atoms with Crippen molar-refractivity contribution in [1.82, 2.24) is 15.3 Å². The Labute approximate surface area is 158 Å². The van der Waals surface area contributed by atoms with E-state index in [1.165, 1.54) is 19.7 Å². The molecule has 5 fully saturated rings. The number of methoxy groups -OCH3 is 1. The van der Waals surface area contributed by atoms with Crippen LogP contribution in [0.2, 0.25) is 0 Å². The first-order chi connectivity index (χ1) is 13.0. The van der Waals surface area contributed by atoms with Gasteiger partial charge in [0.05, 0.1) is 18.9 Å². The van der Waals surface area contributed by atoms with Crippen LogP contribution in [-0.4, -0.2) is 45.8 Å². The van der Waals surface area contributed by atoms with Crippen LogP contribution in [-0.2, 0) is 0 Å². The zero-order valence-electron chi connectivity index (χ0n) is 15.7. The van der Waals surface area contributed by atoms with E-state index < -0.39 is 5.60 Å². The molecule has 5 saturated carbocycles. The van der Waals surface area contributed by atoms with Gasteiger partial charge >= 0.3 is 6.01 Å². The molecule has 0 saturated heterocycles. The van der Waals surface area contributed by atoms with E-state index in [4.69, 9.17) is 9.47 Å². The maximum atomic E-state index is 12.9. The Hall–Kier alpha value is -1.89. The Bertz CT molecular complexity index is 735. The smallest absolute Gasteiger partial charge is 0.319 e. The summed E-state index contributed by atoms with van der Waals surface area (Å²) in [5, 5.41) is 13.9. The van der Waals surface area contributed by atoms with Crippen molar-refractivity contribution in [3.63, 3.8) is 0 Å². The van der Waals surface area contributed by atoms with Crippen LogP contribution in [0.3, 0.4) is 0 Å². The normalized spacial score (nSPS) is 37.0. The molecule has 2 N–H and O–H groups in total. The first-order valence-electron chi connectivity index (χ1n) is 10.1. The molecule has 5 aliphatic carbocycles. The van der Waals surface area contributed by atoms with Gasteiger partial charge < -0.3 is 19.9 Å². The number of nitrogens with zero attached hydrogens (tertiary/aromatic N) is 2. The average molecular weight is 373 g/mol. The van der Waals surface area contributed by atoms with Crippen LogP contribution in [0.25, 0.3) is 0 Å². The lowest BCUT2D eigenvalue weighted by atomic mass is 9.52. The Morgan fingerprint density at radius 1 is 1.26 bits per heavy atom. The van der Waals surface area contributed by atoms with Crippen LogP contribution in [0.4, 0.5) is 0 Å². The summed E-state index contributed by atoms with van der Waals surface area (Å²) in [5.74, 6) is 1.38. The van der Waals surface area contributed by atoms with Gasteiger partial charge in [0.25, 0.3) is 5.91 Å². The number of aromatic nitrogens is 2. The molecule has 5 aliphatic rings. The summed E-state index contributed by atoms with van der Waals surface area (Å²) in [6.07, 6.45) is 9.62. The van der Waals surface area contributed by atoms with Crippen LogP contribution in [0.1, 0.15) is 61.7 Å². The van der Waals surface area contributed by atoms with Crippen molar-refractivity contribution in [2.75, 3.05) is 7.11 Å². The largest absolute Gasteiger partial charge is 0.480 e. The third-order valence-corrected chi connectivity index (χ3v) is 7.03. The molecule has 1 aromatic rings. The molecular formula is C20H27N3O4. The lowest BCUT2D eigenvalue weighted by molar-refractivity contribution is -0.136. The Morgan fingerprint density at radius 2 is 2.00 bits per heavy atom. The molecule has 1 amide bonds. The molecule has 2 atom stereocenters. The lowest BCUT2D eigenvalue weighted by Gasteiger charge is -2.58. The fraction of sp³-hybridized carbons (Fsp3) is 0.750. The van der Waals surface area contributed by atoms with Gasteiger partial charge in [0, 0.05) is 6.04 Å². The molecule has 4 bridgehead atoms. The zero-order valence-corrected chi connectivity index (χ0v) is 15.7. The van der Waals surface area contributed by atoms with Crippen LogP contribution in [0, 0.1) is 17.8 Å². The molecular weight excluding hydrogens is 346 g/mol. The second-order valence-electron chi connectivity index (χ2n) is 8.94. The monoisotopic (exact) mass is 373 g/mol. The van der Waals surface area contributed by atoms with E-state index in [0.717, 1.165) is 44.9 Å². The minimum absolute atomic E-state index is 0.116. The number of nitrogens with one attached hydrogen (secondary N) is 1. The van der Waals surface area contributed by atoms with Crippen molar-refractivity contribution in [2.45, 2.75) is 69.1 Å². The highest BCUT2D eigenvalue weighted by Crippen LogP contribution is 2.55. The third kappa shape index (κ3) is 3.06. The molecule has 0 aliphatic heterocycles. The van der Waals surface area contributed by atoms with E-state index in [-0.39, 0.29) is 29.9 Å². The van der Waals surface area contributed by atoms with Gasteiger partial charge in [-0.05, 0) is 69.1 Å². The van der Waals surface area contributed by atoms with E-state index in [9.17, 15) is 9.90 Å². The van der Waals surface area contributed by atoms with Crippen LogP contribution < -0.4 is 14.8 Å². The lowest BCUT2D eigenvalue weighted by Crippen LogP contribution is -2.61. The maximum Gasteiger partial charge on any atom is 0.319 e. The first-order valence-corrected chi connectivity index (χ1v) is 10.1. The number of ether oxygens (including phenoxy) is 2.